The van der Waals surface area contributed by atoms with Crippen LogP contribution in [0.4, 0.5) is 0 Å². The second-order valence-corrected chi connectivity index (χ2v) is 3.57. The van der Waals surface area contributed by atoms with E-state index in [1.807, 2.05) is 0 Å². The zero-order valence-corrected chi connectivity index (χ0v) is 8.77. The molecular weight excluding hydrogens is 218 g/mol. The zero-order valence-electron chi connectivity index (χ0n) is 8.77. The van der Waals surface area contributed by atoms with Gasteiger partial charge in [0.25, 0.3) is 0 Å². The van der Waals surface area contributed by atoms with E-state index < -0.39 is 36.0 Å². The first kappa shape index (κ1) is 14.3. The molecule has 0 aromatic rings. The summed E-state index contributed by atoms with van der Waals surface area (Å²) in [4.78, 5) is 32.1. The molecule has 0 aliphatic carbocycles. The van der Waals surface area contributed by atoms with Crippen LogP contribution >= 0.6 is 0 Å². The predicted octanol–water partition coefficient (Wildman–Crippen LogP) is -2.86. The molecule has 2 amide bonds. The Labute approximate surface area is 91.6 Å². The normalized spacial score (nSPS) is 15.9. The molecule has 0 radical (unpaired) electrons. The van der Waals surface area contributed by atoms with Crippen LogP contribution in [0.5, 0.6) is 0 Å². The molecular formula is C8H15N3O5. The Kier molecular flexibility index (Phi) is 4.86. The average Bonchev–Trinajstić information content (AvgIpc) is 2.12. The van der Waals surface area contributed by atoms with Gasteiger partial charge in [0.05, 0.1) is 19.0 Å². The summed E-state index contributed by atoms with van der Waals surface area (Å²) in [5.74, 6) is -2.97. The lowest BCUT2D eigenvalue weighted by molar-refractivity contribution is -0.156. The average molecular weight is 233 g/mol. The van der Waals surface area contributed by atoms with E-state index in [2.05, 4.69) is 5.32 Å². The van der Waals surface area contributed by atoms with Crippen molar-refractivity contribution in [2.75, 3.05) is 6.54 Å². The molecule has 0 bridgehead atoms. The van der Waals surface area contributed by atoms with Gasteiger partial charge in [-0.1, -0.05) is 0 Å². The Morgan fingerprint density at radius 2 is 1.94 bits per heavy atom. The van der Waals surface area contributed by atoms with Gasteiger partial charge in [-0.3, -0.25) is 9.59 Å². The van der Waals surface area contributed by atoms with Crippen molar-refractivity contribution in [2.45, 2.75) is 25.0 Å². The van der Waals surface area contributed by atoms with Crippen LogP contribution in [0.2, 0.25) is 0 Å². The van der Waals surface area contributed by atoms with Gasteiger partial charge in [-0.15, -0.1) is 0 Å². The third-order valence-corrected chi connectivity index (χ3v) is 1.83. The number of carboxylic acids is 1. The van der Waals surface area contributed by atoms with Crippen molar-refractivity contribution in [1.82, 2.24) is 5.32 Å². The van der Waals surface area contributed by atoms with E-state index in [0.29, 0.717) is 0 Å². The highest BCUT2D eigenvalue weighted by atomic mass is 16.4. The Morgan fingerprint density at radius 3 is 2.31 bits per heavy atom. The monoisotopic (exact) mass is 233 g/mol. The predicted molar refractivity (Wildman–Crippen MR) is 53.1 cm³/mol. The highest BCUT2D eigenvalue weighted by Crippen LogP contribution is 2.01. The fraction of sp³-hybridized carbons (Fsp3) is 0.625. The molecule has 0 fully saturated rings. The molecule has 0 aliphatic heterocycles. The van der Waals surface area contributed by atoms with Crippen molar-refractivity contribution < 1.29 is 24.6 Å². The topological polar surface area (TPSA) is 156 Å². The number of aliphatic hydroxyl groups is 1. The fourth-order valence-corrected chi connectivity index (χ4v) is 0.775. The van der Waals surface area contributed by atoms with Gasteiger partial charge in [0, 0.05) is 0 Å². The maximum atomic E-state index is 11.2. The van der Waals surface area contributed by atoms with Gasteiger partial charge in [0.15, 0.2) is 5.60 Å². The summed E-state index contributed by atoms with van der Waals surface area (Å²) < 4.78 is 0. The number of nitrogens with one attached hydrogen (secondary N) is 1. The van der Waals surface area contributed by atoms with Gasteiger partial charge < -0.3 is 27.0 Å². The van der Waals surface area contributed by atoms with Crippen LogP contribution in [0.1, 0.15) is 13.3 Å². The third kappa shape index (κ3) is 4.71. The van der Waals surface area contributed by atoms with Crippen molar-refractivity contribution in [2.24, 2.45) is 11.5 Å². The summed E-state index contributed by atoms with van der Waals surface area (Å²) in [5, 5.41) is 19.9. The Hall–Kier alpha value is -1.67. The summed E-state index contributed by atoms with van der Waals surface area (Å²) in [6.45, 7) is 0.517. The number of carbonyl (C=O) groups excluding carboxylic acids is 2. The number of primary amides is 1. The van der Waals surface area contributed by atoms with Crippen molar-refractivity contribution in [3.8, 4) is 0 Å². The Morgan fingerprint density at radius 1 is 1.44 bits per heavy atom. The third-order valence-electron chi connectivity index (χ3n) is 1.83. The number of hydrogen-bond donors (Lipinski definition) is 5. The number of amides is 2. The molecule has 7 N–H and O–H groups in total. The maximum Gasteiger partial charge on any atom is 0.337 e. The number of hydrogen-bond acceptors (Lipinski definition) is 5. The van der Waals surface area contributed by atoms with Crippen LogP contribution in [0.15, 0.2) is 0 Å². The molecule has 8 heteroatoms. The van der Waals surface area contributed by atoms with E-state index in [-0.39, 0.29) is 6.42 Å². The molecule has 16 heavy (non-hydrogen) atoms. The van der Waals surface area contributed by atoms with Crippen LogP contribution in [0.25, 0.3) is 0 Å². The van der Waals surface area contributed by atoms with Gasteiger partial charge in [0.2, 0.25) is 11.8 Å². The highest BCUT2D eigenvalue weighted by Gasteiger charge is 2.31. The van der Waals surface area contributed by atoms with Gasteiger partial charge >= 0.3 is 5.97 Å². The van der Waals surface area contributed by atoms with Crippen molar-refractivity contribution in [1.29, 1.82) is 0 Å². The zero-order chi connectivity index (χ0) is 12.9. The minimum Gasteiger partial charge on any atom is -0.479 e. The number of carbonyl (C=O) groups is 3. The molecule has 2 atom stereocenters. The first-order chi connectivity index (χ1) is 7.16. The summed E-state index contributed by atoms with van der Waals surface area (Å²) in [6.07, 6.45) is -0.346. The molecule has 0 saturated heterocycles. The summed E-state index contributed by atoms with van der Waals surface area (Å²) in [7, 11) is 0. The second-order valence-electron chi connectivity index (χ2n) is 3.57. The Balaban J connectivity index is 4.17. The molecule has 2 unspecified atom stereocenters. The maximum absolute atomic E-state index is 11.2. The SMILES string of the molecule is CC(O)(CNC(=O)C(N)CC(N)=O)C(=O)O. The molecule has 0 spiro atoms. The largest absolute Gasteiger partial charge is 0.479 e. The standard InChI is InChI=1S/C8H15N3O5/c1-8(16,7(14)15)3-11-6(13)4(9)2-5(10)12/h4,16H,2-3,9H2,1H3,(H2,10,12)(H,11,13)(H,14,15). The van der Waals surface area contributed by atoms with Crippen LogP contribution in [-0.2, 0) is 14.4 Å². The van der Waals surface area contributed by atoms with Crippen LogP contribution < -0.4 is 16.8 Å². The van der Waals surface area contributed by atoms with Crippen LogP contribution in [-0.4, -0.2) is 46.2 Å². The number of nitrogens with two attached hydrogens (primary N) is 2. The lowest BCUT2D eigenvalue weighted by Gasteiger charge is -2.19. The molecule has 8 nitrogen and oxygen atoms in total. The van der Waals surface area contributed by atoms with E-state index in [1.54, 1.807) is 0 Å². The lowest BCUT2D eigenvalue weighted by atomic mass is 10.1. The number of rotatable bonds is 6. The molecule has 0 aromatic carbocycles. The van der Waals surface area contributed by atoms with E-state index in [0.717, 1.165) is 6.92 Å². The highest BCUT2D eigenvalue weighted by molar-refractivity contribution is 5.88. The molecule has 0 heterocycles. The summed E-state index contributed by atoms with van der Waals surface area (Å²) in [5.41, 5.74) is 8.02. The molecule has 0 aliphatic rings. The minimum atomic E-state index is -2.08. The van der Waals surface area contributed by atoms with Crippen LogP contribution in [0.3, 0.4) is 0 Å². The fourth-order valence-electron chi connectivity index (χ4n) is 0.775. The number of aliphatic carboxylic acids is 1. The first-order valence-electron chi connectivity index (χ1n) is 4.44. The van der Waals surface area contributed by atoms with E-state index >= 15 is 0 Å². The molecule has 92 valence electrons. The van der Waals surface area contributed by atoms with Gasteiger partial charge in [-0.2, -0.15) is 0 Å². The van der Waals surface area contributed by atoms with E-state index in [1.165, 1.54) is 0 Å². The van der Waals surface area contributed by atoms with E-state index in [9.17, 15) is 19.5 Å². The van der Waals surface area contributed by atoms with Gasteiger partial charge in [-0.05, 0) is 6.92 Å². The van der Waals surface area contributed by atoms with Crippen molar-refractivity contribution in [3.63, 3.8) is 0 Å². The molecule has 0 rings (SSSR count). The van der Waals surface area contributed by atoms with Crippen LogP contribution in [0, 0.1) is 0 Å². The molecule has 0 saturated carbocycles. The summed E-state index contributed by atoms with van der Waals surface area (Å²) in [6, 6.07) is -1.15. The first-order valence-corrected chi connectivity index (χ1v) is 4.44. The smallest absolute Gasteiger partial charge is 0.337 e. The molecule has 0 aromatic heterocycles. The van der Waals surface area contributed by atoms with Gasteiger partial charge in [0.1, 0.15) is 0 Å². The van der Waals surface area contributed by atoms with E-state index in [4.69, 9.17) is 16.6 Å². The quantitative estimate of drug-likeness (QED) is 0.332. The lowest BCUT2D eigenvalue weighted by Crippen LogP contribution is -2.51. The summed E-state index contributed by atoms with van der Waals surface area (Å²) >= 11 is 0. The van der Waals surface area contributed by atoms with Gasteiger partial charge in [-0.25, -0.2) is 4.79 Å². The van der Waals surface area contributed by atoms with Crippen molar-refractivity contribution >= 4 is 17.8 Å². The second kappa shape index (κ2) is 5.42. The minimum absolute atomic E-state index is 0.346. The number of carboxylic acid groups (broad SMARTS) is 1. The Bertz CT molecular complexity index is 302. The van der Waals surface area contributed by atoms with Crippen molar-refractivity contribution in [3.05, 3.63) is 0 Å².